The molecular weight excluding hydrogens is 396 g/mol. The Bertz CT molecular complexity index is 1040. The Morgan fingerprint density at radius 3 is 2.73 bits per heavy atom. The first-order chi connectivity index (χ1) is 14.8. The van der Waals surface area contributed by atoms with Gasteiger partial charge < -0.3 is 14.8 Å². The summed E-state index contributed by atoms with van der Waals surface area (Å²) in [5.41, 5.74) is 3.46. The molecule has 0 amide bonds. The highest BCUT2D eigenvalue weighted by Crippen LogP contribution is 2.41. The molecule has 5 rings (SSSR count). The number of benzene rings is 2. The van der Waals surface area contributed by atoms with Gasteiger partial charge in [-0.1, -0.05) is 49.0 Å². The van der Waals surface area contributed by atoms with Crippen LogP contribution in [0.25, 0.3) is 11.3 Å². The van der Waals surface area contributed by atoms with E-state index in [0.717, 1.165) is 41.2 Å². The predicted octanol–water partition coefficient (Wildman–Crippen LogP) is 5.48. The van der Waals surface area contributed by atoms with Crippen molar-refractivity contribution in [3.05, 3.63) is 54.1 Å². The van der Waals surface area contributed by atoms with Crippen LogP contribution >= 0.6 is 11.8 Å². The van der Waals surface area contributed by atoms with E-state index in [4.69, 9.17) is 9.47 Å². The molecule has 2 heterocycles. The summed E-state index contributed by atoms with van der Waals surface area (Å²) in [5, 5.41) is 12.9. The second kappa shape index (κ2) is 8.52. The Balaban J connectivity index is 1.55. The maximum absolute atomic E-state index is 6.40. The normalized spacial score (nSPS) is 18.0. The summed E-state index contributed by atoms with van der Waals surface area (Å²) >= 11 is 1.55. The highest BCUT2D eigenvalue weighted by atomic mass is 32.2. The fourth-order valence-corrected chi connectivity index (χ4v) is 4.47. The van der Waals surface area contributed by atoms with E-state index in [1.165, 1.54) is 12.8 Å². The maximum atomic E-state index is 6.40. The van der Waals surface area contributed by atoms with Crippen LogP contribution in [0.15, 0.2) is 53.7 Å². The minimum absolute atomic E-state index is 0.271. The van der Waals surface area contributed by atoms with E-state index in [0.29, 0.717) is 16.7 Å². The molecule has 0 spiro atoms. The molecular formula is C23H24N4O2S. The third-order valence-electron chi connectivity index (χ3n) is 5.40. The largest absolute Gasteiger partial charge is 0.490 e. The SMILES string of the molecule is CCSc1nnc2c(n1)O[C@H](c1ccccc1OC1CCCC1)Nc1ccccc1-2. The molecule has 1 fully saturated rings. The predicted molar refractivity (Wildman–Crippen MR) is 118 cm³/mol. The van der Waals surface area contributed by atoms with Gasteiger partial charge >= 0.3 is 0 Å². The summed E-state index contributed by atoms with van der Waals surface area (Å²) in [7, 11) is 0. The number of fused-ring (bicyclic) bond motifs is 3. The average Bonchev–Trinajstić information content (AvgIpc) is 3.22. The van der Waals surface area contributed by atoms with Gasteiger partial charge in [0.05, 0.1) is 11.7 Å². The zero-order chi connectivity index (χ0) is 20.3. The van der Waals surface area contributed by atoms with Gasteiger partial charge in [-0.25, -0.2) is 0 Å². The molecule has 0 bridgehead atoms. The third-order valence-corrected chi connectivity index (χ3v) is 6.12. The lowest BCUT2D eigenvalue weighted by atomic mass is 10.1. The van der Waals surface area contributed by atoms with E-state index in [1.54, 1.807) is 11.8 Å². The zero-order valence-electron chi connectivity index (χ0n) is 16.9. The molecule has 30 heavy (non-hydrogen) atoms. The molecule has 1 N–H and O–H groups in total. The van der Waals surface area contributed by atoms with Crippen molar-refractivity contribution in [3.8, 4) is 22.9 Å². The number of anilines is 1. The number of hydrogen-bond donors (Lipinski definition) is 1. The van der Waals surface area contributed by atoms with Crippen molar-refractivity contribution in [1.29, 1.82) is 0 Å². The molecule has 0 saturated heterocycles. The Morgan fingerprint density at radius 1 is 1.07 bits per heavy atom. The summed E-state index contributed by atoms with van der Waals surface area (Å²) in [6.45, 7) is 2.07. The monoisotopic (exact) mass is 420 g/mol. The third kappa shape index (κ3) is 3.81. The van der Waals surface area contributed by atoms with E-state index >= 15 is 0 Å². The van der Waals surface area contributed by atoms with E-state index in [9.17, 15) is 0 Å². The molecule has 2 aliphatic rings. The first kappa shape index (κ1) is 19.2. The van der Waals surface area contributed by atoms with Gasteiger partial charge in [0, 0.05) is 11.3 Å². The van der Waals surface area contributed by atoms with Crippen LogP contribution in [0.4, 0.5) is 5.69 Å². The van der Waals surface area contributed by atoms with Gasteiger partial charge in [-0.15, -0.1) is 10.2 Å². The van der Waals surface area contributed by atoms with Crippen LogP contribution in [0, 0.1) is 0 Å². The quantitative estimate of drug-likeness (QED) is 0.549. The maximum Gasteiger partial charge on any atom is 0.247 e. The molecule has 1 aliphatic heterocycles. The Morgan fingerprint density at radius 2 is 1.87 bits per heavy atom. The van der Waals surface area contributed by atoms with E-state index in [2.05, 4.69) is 27.4 Å². The zero-order valence-corrected chi connectivity index (χ0v) is 17.7. The number of thioether (sulfide) groups is 1. The number of ether oxygens (including phenoxy) is 2. The molecule has 1 saturated carbocycles. The number of para-hydroxylation sites is 2. The highest BCUT2D eigenvalue weighted by Gasteiger charge is 2.28. The Labute approximate surface area is 180 Å². The first-order valence-electron chi connectivity index (χ1n) is 10.5. The number of nitrogens with zero attached hydrogens (tertiary/aromatic N) is 3. The van der Waals surface area contributed by atoms with Gasteiger partial charge in [0.25, 0.3) is 0 Å². The van der Waals surface area contributed by atoms with Crippen LogP contribution in [0.3, 0.4) is 0 Å². The minimum atomic E-state index is -0.443. The minimum Gasteiger partial charge on any atom is -0.490 e. The lowest BCUT2D eigenvalue weighted by Crippen LogP contribution is -2.20. The number of rotatable bonds is 5. The highest BCUT2D eigenvalue weighted by molar-refractivity contribution is 7.99. The van der Waals surface area contributed by atoms with E-state index < -0.39 is 6.23 Å². The molecule has 1 aliphatic carbocycles. The molecule has 1 aromatic heterocycles. The van der Waals surface area contributed by atoms with Crippen molar-refractivity contribution in [2.45, 2.75) is 50.1 Å². The van der Waals surface area contributed by atoms with E-state index in [1.807, 2.05) is 48.5 Å². The van der Waals surface area contributed by atoms with Crippen molar-refractivity contribution < 1.29 is 9.47 Å². The molecule has 3 aromatic rings. The topological polar surface area (TPSA) is 69.2 Å². The van der Waals surface area contributed by atoms with Crippen molar-refractivity contribution in [3.63, 3.8) is 0 Å². The number of aromatic nitrogens is 3. The van der Waals surface area contributed by atoms with Gasteiger partial charge in [-0.05, 0) is 49.6 Å². The first-order valence-corrected chi connectivity index (χ1v) is 11.5. The van der Waals surface area contributed by atoms with Crippen LogP contribution < -0.4 is 14.8 Å². The molecule has 7 heteroatoms. The van der Waals surface area contributed by atoms with Crippen molar-refractivity contribution in [2.75, 3.05) is 11.1 Å². The summed E-state index contributed by atoms with van der Waals surface area (Å²) in [6.07, 6.45) is 4.49. The van der Waals surface area contributed by atoms with Crippen molar-refractivity contribution >= 4 is 17.4 Å². The molecule has 0 unspecified atom stereocenters. The lowest BCUT2D eigenvalue weighted by Gasteiger charge is -2.23. The molecule has 2 aromatic carbocycles. The molecule has 0 radical (unpaired) electrons. The molecule has 154 valence electrons. The number of hydrogen-bond acceptors (Lipinski definition) is 7. The van der Waals surface area contributed by atoms with E-state index in [-0.39, 0.29) is 6.10 Å². The van der Waals surface area contributed by atoms with Crippen LogP contribution in [-0.4, -0.2) is 27.0 Å². The standard InChI is InChI=1S/C23H24N4O2S/c1-2-30-23-25-22-20(26-27-23)16-11-5-7-13-18(16)24-21(29-22)17-12-6-8-14-19(17)28-15-9-3-4-10-15/h5-8,11-15,21,24H,2-4,9-10H2,1H3/t21-/m1/s1. The van der Waals surface area contributed by atoms with Crippen LogP contribution in [0.1, 0.15) is 44.4 Å². The van der Waals surface area contributed by atoms with Crippen LogP contribution in [0.2, 0.25) is 0 Å². The fourth-order valence-electron chi connectivity index (χ4n) is 3.97. The van der Waals surface area contributed by atoms with Crippen LogP contribution in [0.5, 0.6) is 11.6 Å². The molecule has 1 atom stereocenters. The van der Waals surface area contributed by atoms with Gasteiger partial charge in [-0.2, -0.15) is 4.98 Å². The van der Waals surface area contributed by atoms with Crippen molar-refractivity contribution in [1.82, 2.24) is 15.2 Å². The van der Waals surface area contributed by atoms with Crippen LogP contribution in [-0.2, 0) is 0 Å². The Kier molecular flexibility index (Phi) is 5.45. The smallest absolute Gasteiger partial charge is 0.247 e. The summed E-state index contributed by atoms with van der Waals surface area (Å²) < 4.78 is 12.8. The summed E-state index contributed by atoms with van der Waals surface area (Å²) in [6, 6.07) is 16.1. The van der Waals surface area contributed by atoms with Gasteiger partial charge in [0.1, 0.15) is 5.75 Å². The van der Waals surface area contributed by atoms with Crippen molar-refractivity contribution in [2.24, 2.45) is 0 Å². The second-order valence-corrected chi connectivity index (χ2v) is 8.66. The number of nitrogens with one attached hydrogen (secondary N) is 1. The molecule has 6 nitrogen and oxygen atoms in total. The second-order valence-electron chi connectivity index (χ2n) is 7.43. The van der Waals surface area contributed by atoms with Gasteiger partial charge in [-0.3, -0.25) is 0 Å². The lowest BCUT2D eigenvalue weighted by molar-refractivity contribution is 0.187. The van der Waals surface area contributed by atoms with Gasteiger partial charge in [0.15, 0.2) is 5.69 Å². The van der Waals surface area contributed by atoms with Gasteiger partial charge in [0.2, 0.25) is 17.3 Å². The average molecular weight is 421 g/mol. The fraction of sp³-hybridized carbons (Fsp3) is 0.348. The summed E-state index contributed by atoms with van der Waals surface area (Å²) in [5.74, 6) is 2.21. The Hall–Kier alpha value is -2.80. The summed E-state index contributed by atoms with van der Waals surface area (Å²) in [4.78, 5) is 4.66.